The fourth-order valence-electron chi connectivity index (χ4n) is 0.287. The van der Waals surface area contributed by atoms with Gasteiger partial charge in [-0.1, -0.05) is 0 Å². The molecule has 0 atom stereocenters. The fourth-order valence-corrected chi connectivity index (χ4v) is 0.287. The van der Waals surface area contributed by atoms with Crippen molar-refractivity contribution in [2.75, 3.05) is 13.7 Å². The second-order valence-corrected chi connectivity index (χ2v) is 1.57. The molecule has 0 aromatic carbocycles. The second-order valence-electron chi connectivity index (χ2n) is 1.57. The summed E-state index contributed by atoms with van der Waals surface area (Å²) < 4.78 is 1.20. The molecule has 3 heteroatoms. The fraction of sp³-hybridized carbons (Fsp3) is 0.600. The molecule has 0 aromatic heterocycles. The highest BCUT2D eigenvalue weighted by Crippen LogP contribution is 1.77. The Hall–Kier alpha value is -0.700. The lowest BCUT2D eigenvalue weighted by Crippen LogP contribution is -2.14. The van der Waals surface area contributed by atoms with Crippen molar-refractivity contribution < 1.29 is 14.5 Å². The van der Waals surface area contributed by atoms with Crippen LogP contribution in [0.2, 0.25) is 0 Å². The molecular formula is C5H10NO2+. The Morgan fingerprint density at radius 3 is 2.50 bits per heavy atom. The molecule has 0 aromatic rings. The number of hydrogen-bond donors (Lipinski definition) is 1. The summed E-state index contributed by atoms with van der Waals surface area (Å²) in [5, 5.41) is 8.21. The van der Waals surface area contributed by atoms with Gasteiger partial charge in [0.15, 0.2) is 0 Å². The van der Waals surface area contributed by atoms with Gasteiger partial charge in [-0.25, -0.2) is 4.79 Å². The largest absolute Gasteiger partial charge is 0.396 e. The van der Waals surface area contributed by atoms with Crippen LogP contribution < -0.4 is 0 Å². The zero-order valence-electron chi connectivity index (χ0n) is 4.92. The summed E-state index contributed by atoms with van der Waals surface area (Å²) in [5.74, 6) is -0.146. The maximum atomic E-state index is 10.4. The number of nitrogens with zero attached hydrogens (tertiary/aromatic N) is 1. The molecule has 0 spiro atoms. The number of carbonyl (C=O) groups is 1. The van der Waals surface area contributed by atoms with E-state index >= 15 is 0 Å². The van der Waals surface area contributed by atoms with Crippen LogP contribution in [0.25, 0.3) is 0 Å². The Labute approximate surface area is 48.3 Å². The number of hydrogen-bond acceptors (Lipinski definition) is 2. The van der Waals surface area contributed by atoms with Crippen molar-refractivity contribution in [3.63, 3.8) is 0 Å². The van der Waals surface area contributed by atoms with Gasteiger partial charge in [-0.05, 0) is 0 Å². The molecule has 8 heavy (non-hydrogen) atoms. The Balaban J connectivity index is 3.49. The summed E-state index contributed by atoms with van der Waals surface area (Å²) in [6, 6.07) is 0. The standard InChI is InChI=1S/C5H10NO2/c1-6(2)5(8)3-4-7/h7H,1,3-4H2,2H3/q+1. The quantitative estimate of drug-likeness (QED) is 0.380. The molecule has 0 rings (SSSR count). The summed E-state index contributed by atoms with van der Waals surface area (Å²) >= 11 is 0. The van der Waals surface area contributed by atoms with Crippen LogP contribution in [0.4, 0.5) is 0 Å². The van der Waals surface area contributed by atoms with Crippen LogP contribution in [-0.4, -0.2) is 36.0 Å². The normalized spacial score (nSPS) is 8.75. The molecule has 1 N–H and O–H groups in total. The summed E-state index contributed by atoms with van der Waals surface area (Å²) in [6.45, 7) is 3.23. The maximum absolute atomic E-state index is 10.4. The minimum atomic E-state index is -0.146. The second kappa shape index (κ2) is 3.32. The summed E-state index contributed by atoms with van der Waals surface area (Å²) in [7, 11) is 1.55. The van der Waals surface area contributed by atoms with E-state index in [0.717, 1.165) is 0 Å². The topological polar surface area (TPSA) is 40.3 Å². The molecule has 0 bridgehead atoms. The van der Waals surface area contributed by atoms with Crippen molar-refractivity contribution in [1.29, 1.82) is 0 Å². The summed E-state index contributed by atoms with van der Waals surface area (Å²) in [5.41, 5.74) is 0. The minimum absolute atomic E-state index is 0.0985. The molecule has 0 aliphatic carbocycles. The Morgan fingerprint density at radius 2 is 2.38 bits per heavy atom. The molecular weight excluding hydrogens is 106 g/mol. The van der Waals surface area contributed by atoms with Crippen LogP contribution in [0.3, 0.4) is 0 Å². The highest BCUT2D eigenvalue weighted by molar-refractivity contribution is 5.68. The van der Waals surface area contributed by atoms with E-state index in [1.165, 1.54) is 4.58 Å². The van der Waals surface area contributed by atoms with Crippen molar-refractivity contribution in [2.45, 2.75) is 6.42 Å². The third kappa shape index (κ3) is 2.47. The Kier molecular flexibility index (Phi) is 3.03. The van der Waals surface area contributed by atoms with Crippen LogP contribution >= 0.6 is 0 Å². The molecule has 46 valence electrons. The predicted octanol–water partition coefficient (Wildman–Crippen LogP) is -0.762. The first-order valence-electron chi connectivity index (χ1n) is 2.36. The van der Waals surface area contributed by atoms with Crippen molar-refractivity contribution >= 4 is 12.6 Å². The van der Waals surface area contributed by atoms with Gasteiger partial charge in [-0.15, -0.1) is 0 Å². The van der Waals surface area contributed by atoms with Crippen LogP contribution in [0, 0.1) is 0 Å². The van der Waals surface area contributed by atoms with Crippen LogP contribution in [-0.2, 0) is 4.79 Å². The first-order chi connectivity index (χ1) is 3.68. The van der Waals surface area contributed by atoms with Crippen LogP contribution in [0.5, 0.6) is 0 Å². The van der Waals surface area contributed by atoms with Gasteiger partial charge >= 0.3 is 5.91 Å². The highest BCUT2D eigenvalue weighted by atomic mass is 16.3. The number of aliphatic hydroxyl groups excluding tert-OH is 1. The van der Waals surface area contributed by atoms with Crippen molar-refractivity contribution in [1.82, 2.24) is 0 Å². The zero-order valence-corrected chi connectivity index (χ0v) is 4.92. The van der Waals surface area contributed by atoms with Crippen LogP contribution in [0.1, 0.15) is 6.42 Å². The van der Waals surface area contributed by atoms with E-state index in [1.807, 2.05) is 0 Å². The number of amides is 1. The molecule has 0 aliphatic heterocycles. The van der Waals surface area contributed by atoms with E-state index in [-0.39, 0.29) is 18.9 Å². The first-order valence-corrected chi connectivity index (χ1v) is 2.36. The SMILES string of the molecule is C=[N+](C)C(=O)CCO. The van der Waals surface area contributed by atoms with Gasteiger partial charge in [-0.3, -0.25) is 0 Å². The van der Waals surface area contributed by atoms with Gasteiger partial charge in [0.05, 0.1) is 13.0 Å². The van der Waals surface area contributed by atoms with Crippen molar-refractivity contribution in [2.24, 2.45) is 0 Å². The molecule has 0 saturated heterocycles. The molecule has 0 unspecified atom stereocenters. The summed E-state index contributed by atoms with van der Waals surface area (Å²) in [4.78, 5) is 10.4. The van der Waals surface area contributed by atoms with Gasteiger partial charge in [0.25, 0.3) is 0 Å². The molecule has 1 amide bonds. The van der Waals surface area contributed by atoms with E-state index < -0.39 is 0 Å². The highest BCUT2D eigenvalue weighted by Gasteiger charge is 2.06. The van der Waals surface area contributed by atoms with Crippen molar-refractivity contribution in [3.05, 3.63) is 0 Å². The van der Waals surface area contributed by atoms with Crippen LogP contribution in [0.15, 0.2) is 0 Å². The minimum Gasteiger partial charge on any atom is -0.396 e. The molecule has 0 fully saturated rings. The number of aliphatic hydroxyl groups is 1. The smallest absolute Gasteiger partial charge is 0.388 e. The zero-order chi connectivity index (χ0) is 6.57. The average molecular weight is 116 g/mol. The molecule has 0 radical (unpaired) electrons. The van der Waals surface area contributed by atoms with E-state index in [1.54, 1.807) is 7.05 Å². The average Bonchev–Trinajstić information content (AvgIpc) is 1.67. The van der Waals surface area contributed by atoms with Gasteiger partial charge in [-0.2, -0.15) is 4.58 Å². The van der Waals surface area contributed by atoms with E-state index in [9.17, 15) is 4.79 Å². The van der Waals surface area contributed by atoms with Crippen molar-refractivity contribution in [3.8, 4) is 0 Å². The predicted molar refractivity (Wildman–Crippen MR) is 30.0 cm³/mol. The maximum Gasteiger partial charge on any atom is 0.388 e. The molecule has 0 saturated carbocycles. The van der Waals surface area contributed by atoms with E-state index in [4.69, 9.17) is 5.11 Å². The molecule has 3 nitrogen and oxygen atoms in total. The first kappa shape index (κ1) is 7.30. The third-order valence-corrected chi connectivity index (χ3v) is 0.751. The van der Waals surface area contributed by atoms with Gasteiger partial charge in [0, 0.05) is 0 Å². The van der Waals surface area contributed by atoms with E-state index in [2.05, 4.69) is 6.72 Å². The lowest BCUT2D eigenvalue weighted by atomic mass is 10.4. The lowest BCUT2D eigenvalue weighted by molar-refractivity contribution is -0.410. The monoisotopic (exact) mass is 116 g/mol. The van der Waals surface area contributed by atoms with E-state index in [0.29, 0.717) is 0 Å². The molecule has 0 heterocycles. The third-order valence-electron chi connectivity index (χ3n) is 0.751. The lowest BCUT2D eigenvalue weighted by Gasteiger charge is -1.86. The van der Waals surface area contributed by atoms with Gasteiger partial charge in [0.2, 0.25) is 0 Å². The number of rotatable bonds is 2. The molecule has 0 aliphatic rings. The Morgan fingerprint density at radius 1 is 1.88 bits per heavy atom. The van der Waals surface area contributed by atoms with Gasteiger partial charge < -0.3 is 5.11 Å². The number of carbonyl (C=O) groups excluding carboxylic acids is 1. The Bertz CT molecular complexity index is 109. The van der Waals surface area contributed by atoms with Gasteiger partial charge in [0.1, 0.15) is 13.8 Å². The summed E-state index contributed by atoms with van der Waals surface area (Å²) in [6.07, 6.45) is 0.167.